The average molecular weight is 395 g/mol. The number of aromatic amines is 1. The summed E-state index contributed by atoms with van der Waals surface area (Å²) in [5.74, 6) is 1.13. The quantitative estimate of drug-likeness (QED) is 0.580. The Kier molecular flexibility index (Phi) is 6.49. The number of nitrogens with zero attached hydrogens (tertiary/aromatic N) is 2. The van der Waals surface area contributed by atoms with Crippen LogP contribution in [0.3, 0.4) is 0 Å². The van der Waals surface area contributed by atoms with Gasteiger partial charge in [-0.2, -0.15) is 0 Å². The molecule has 1 heterocycles. The molecule has 0 aliphatic heterocycles. The number of benzene rings is 2. The molecule has 0 radical (unpaired) electrons. The predicted octanol–water partition coefficient (Wildman–Crippen LogP) is 4.41. The summed E-state index contributed by atoms with van der Waals surface area (Å²) in [6.45, 7) is 3.78. The van der Waals surface area contributed by atoms with Gasteiger partial charge in [0.2, 0.25) is 11.1 Å². The van der Waals surface area contributed by atoms with Crippen molar-refractivity contribution >= 4 is 35.5 Å². The molecule has 0 saturated carbocycles. The highest BCUT2D eigenvalue weighted by Crippen LogP contribution is 2.27. The monoisotopic (exact) mass is 394 g/mol. The minimum Gasteiger partial charge on any atom is -0.495 e. The maximum atomic E-state index is 12.5. The van der Waals surface area contributed by atoms with Crippen LogP contribution in [0.25, 0.3) is 12.2 Å². The zero-order valence-corrected chi connectivity index (χ0v) is 16.8. The van der Waals surface area contributed by atoms with E-state index in [-0.39, 0.29) is 11.2 Å². The lowest BCUT2D eigenvalue weighted by Crippen LogP contribution is -2.22. The number of hydrogen-bond donors (Lipinski definition) is 2. The largest absolute Gasteiger partial charge is 0.495 e. The molecule has 2 N–H and O–H groups in total. The number of carbonyl (C=O) groups excluding carboxylic acids is 1. The number of ether oxygens (including phenoxy) is 1. The SMILES string of the molecule is COc1ccc(C)cc1NC(=O)C(C)Sc1n[nH]c(/C=C/c2ccccc2)n1. The van der Waals surface area contributed by atoms with E-state index in [1.807, 2.05) is 74.5 Å². The Morgan fingerprint density at radius 1 is 1.21 bits per heavy atom. The summed E-state index contributed by atoms with van der Waals surface area (Å²) in [6, 6.07) is 15.6. The number of hydrogen-bond acceptors (Lipinski definition) is 5. The normalized spacial score (nSPS) is 12.1. The van der Waals surface area contributed by atoms with Crippen molar-refractivity contribution in [3.8, 4) is 5.75 Å². The zero-order valence-electron chi connectivity index (χ0n) is 16.0. The Labute approximate surface area is 168 Å². The van der Waals surface area contributed by atoms with Crippen molar-refractivity contribution < 1.29 is 9.53 Å². The molecular formula is C21H22N4O2S. The highest BCUT2D eigenvalue weighted by atomic mass is 32.2. The second-order valence-corrected chi connectivity index (χ2v) is 7.51. The van der Waals surface area contributed by atoms with Crippen molar-refractivity contribution in [3.05, 3.63) is 65.5 Å². The third-order valence-corrected chi connectivity index (χ3v) is 4.94. The van der Waals surface area contributed by atoms with E-state index in [1.165, 1.54) is 11.8 Å². The second kappa shape index (κ2) is 9.23. The Balaban J connectivity index is 1.61. The first-order chi connectivity index (χ1) is 13.5. The number of anilines is 1. The predicted molar refractivity (Wildman–Crippen MR) is 113 cm³/mol. The molecule has 0 bridgehead atoms. The number of methoxy groups -OCH3 is 1. The molecule has 6 nitrogen and oxygen atoms in total. The van der Waals surface area contributed by atoms with Gasteiger partial charge in [0.05, 0.1) is 18.0 Å². The standard InChI is InChI=1S/C21H22N4O2S/c1-14-9-11-18(27-3)17(13-14)22-20(26)15(2)28-21-23-19(24-25-21)12-10-16-7-5-4-6-8-16/h4-13,15H,1-3H3,(H,22,26)(H,23,24,25)/b12-10+. The minimum absolute atomic E-state index is 0.139. The number of thioether (sulfide) groups is 1. The first kappa shape index (κ1) is 19.7. The fraction of sp³-hybridized carbons (Fsp3) is 0.190. The summed E-state index contributed by atoms with van der Waals surface area (Å²) in [7, 11) is 1.58. The van der Waals surface area contributed by atoms with Gasteiger partial charge >= 0.3 is 0 Å². The number of amides is 1. The fourth-order valence-corrected chi connectivity index (χ4v) is 3.22. The van der Waals surface area contributed by atoms with Gasteiger partial charge in [-0.15, -0.1) is 5.10 Å². The lowest BCUT2D eigenvalue weighted by molar-refractivity contribution is -0.115. The maximum absolute atomic E-state index is 12.5. The van der Waals surface area contributed by atoms with Crippen LogP contribution in [0.2, 0.25) is 0 Å². The van der Waals surface area contributed by atoms with E-state index in [2.05, 4.69) is 20.5 Å². The molecule has 0 fully saturated rings. The van der Waals surface area contributed by atoms with Crippen molar-refractivity contribution in [1.29, 1.82) is 0 Å². The summed E-state index contributed by atoms with van der Waals surface area (Å²) >= 11 is 1.29. The second-order valence-electron chi connectivity index (χ2n) is 6.20. The Hall–Kier alpha value is -3.06. The van der Waals surface area contributed by atoms with Gasteiger partial charge in [0.25, 0.3) is 0 Å². The third-order valence-electron chi connectivity index (χ3n) is 3.98. The van der Waals surface area contributed by atoms with Crippen molar-refractivity contribution in [1.82, 2.24) is 15.2 Å². The topological polar surface area (TPSA) is 79.9 Å². The maximum Gasteiger partial charge on any atom is 0.237 e. The molecule has 1 aromatic heterocycles. The molecule has 0 saturated heterocycles. The number of nitrogens with one attached hydrogen (secondary N) is 2. The molecule has 1 atom stereocenters. The molecule has 2 aromatic carbocycles. The summed E-state index contributed by atoms with van der Waals surface area (Å²) in [5, 5.41) is 10.1. The minimum atomic E-state index is -0.369. The molecule has 144 valence electrons. The fourth-order valence-electron chi connectivity index (χ4n) is 2.49. The Morgan fingerprint density at radius 3 is 2.75 bits per heavy atom. The average Bonchev–Trinajstić information content (AvgIpc) is 3.14. The van der Waals surface area contributed by atoms with Gasteiger partial charge in [0.15, 0.2) is 0 Å². The molecule has 1 unspecified atom stereocenters. The van der Waals surface area contributed by atoms with Crippen molar-refractivity contribution in [3.63, 3.8) is 0 Å². The highest BCUT2D eigenvalue weighted by molar-refractivity contribution is 8.00. The van der Waals surface area contributed by atoms with Gasteiger partial charge < -0.3 is 10.1 Å². The molecule has 0 aliphatic rings. The van der Waals surface area contributed by atoms with Gasteiger partial charge in [-0.1, -0.05) is 54.2 Å². The molecule has 1 amide bonds. The number of aromatic nitrogens is 3. The lowest BCUT2D eigenvalue weighted by atomic mass is 10.2. The molecule has 3 aromatic rings. The number of H-pyrrole nitrogens is 1. The van der Waals surface area contributed by atoms with Crippen LogP contribution < -0.4 is 10.1 Å². The van der Waals surface area contributed by atoms with E-state index >= 15 is 0 Å². The molecule has 7 heteroatoms. The summed E-state index contributed by atoms with van der Waals surface area (Å²) in [5.41, 5.74) is 2.77. The van der Waals surface area contributed by atoms with Gasteiger partial charge in [-0.25, -0.2) is 4.98 Å². The van der Waals surface area contributed by atoms with Gasteiger partial charge in [-0.05, 0) is 43.2 Å². The third kappa shape index (κ3) is 5.23. The van der Waals surface area contributed by atoms with E-state index < -0.39 is 0 Å². The van der Waals surface area contributed by atoms with Crippen LogP contribution in [-0.4, -0.2) is 33.4 Å². The van der Waals surface area contributed by atoms with Crippen molar-refractivity contribution in [2.45, 2.75) is 24.3 Å². The molecule has 3 rings (SSSR count). The van der Waals surface area contributed by atoms with Crippen LogP contribution in [0.5, 0.6) is 5.75 Å². The molecular weight excluding hydrogens is 372 g/mol. The zero-order chi connectivity index (χ0) is 19.9. The lowest BCUT2D eigenvalue weighted by Gasteiger charge is -2.13. The van der Waals surface area contributed by atoms with E-state index in [9.17, 15) is 4.79 Å². The van der Waals surface area contributed by atoms with E-state index in [0.29, 0.717) is 22.4 Å². The first-order valence-corrected chi connectivity index (χ1v) is 9.71. The number of carbonyl (C=O) groups is 1. The van der Waals surface area contributed by atoms with Crippen LogP contribution >= 0.6 is 11.8 Å². The smallest absolute Gasteiger partial charge is 0.237 e. The van der Waals surface area contributed by atoms with E-state index in [1.54, 1.807) is 7.11 Å². The van der Waals surface area contributed by atoms with Gasteiger partial charge in [0.1, 0.15) is 11.6 Å². The van der Waals surface area contributed by atoms with Crippen LogP contribution in [0, 0.1) is 6.92 Å². The van der Waals surface area contributed by atoms with Gasteiger partial charge in [0, 0.05) is 0 Å². The highest BCUT2D eigenvalue weighted by Gasteiger charge is 2.18. The number of rotatable bonds is 7. The van der Waals surface area contributed by atoms with Crippen molar-refractivity contribution in [2.75, 3.05) is 12.4 Å². The van der Waals surface area contributed by atoms with E-state index in [4.69, 9.17) is 4.74 Å². The van der Waals surface area contributed by atoms with Crippen molar-refractivity contribution in [2.24, 2.45) is 0 Å². The summed E-state index contributed by atoms with van der Waals surface area (Å²) < 4.78 is 5.31. The molecule has 0 spiro atoms. The summed E-state index contributed by atoms with van der Waals surface area (Å²) in [6.07, 6.45) is 3.81. The van der Waals surface area contributed by atoms with Crippen LogP contribution in [0.15, 0.2) is 53.7 Å². The van der Waals surface area contributed by atoms with E-state index in [0.717, 1.165) is 11.1 Å². The Bertz CT molecular complexity index is 970. The number of aryl methyl sites for hydroxylation is 1. The van der Waals surface area contributed by atoms with Gasteiger partial charge in [-0.3, -0.25) is 9.89 Å². The Morgan fingerprint density at radius 2 is 2.00 bits per heavy atom. The summed E-state index contributed by atoms with van der Waals surface area (Å²) in [4.78, 5) is 17.0. The molecule has 28 heavy (non-hydrogen) atoms. The van der Waals surface area contributed by atoms with Crippen LogP contribution in [-0.2, 0) is 4.79 Å². The first-order valence-electron chi connectivity index (χ1n) is 8.83. The molecule has 0 aliphatic carbocycles. The van der Waals surface area contributed by atoms with Crippen LogP contribution in [0.4, 0.5) is 5.69 Å². The van der Waals surface area contributed by atoms with Crippen LogP contribution in [0.1, 0.15) is 23.9 Å².